The van der Waals surface area contributed by atoms with E-state index in [1.54, 1.807) is 0 Å². The highest BCUT2D eigenvalue weighted by Crippen LogP contribution is 2.35. The van der Waals surface area contributed by atoms with Crippen molar-refractivity contribution >= 4 is 11.8 Å². The van der Waals surface area contributed by atoms with Gasteiger partial charge in [0.25, 0.3) is 0 Å². The van der Waals surface area contributed by atoms with Crippen molar-refractivity contribution in [2.75, 3.05) is 23.7 Å². The van der Waals surface area contributed by atoms with Crippen LogP contribution in [0.25, 0.3) is 0 Å². The van der Waals surface area contributed by atoms with Gasteiger partial charge in [-0.05, 0) is 31.7 Å². The van der Waals surface area contributed by atoms with E-state index < -0.39 is 5.60 Å². The van der Waals surface area contributed by atoms with Crippen LogP contribution in [0.15, 0.2) is 43.0 Å². The second kappa shape index (κ2) is 6.61. The Labute approximate surface area is 142 Å². The van der Waals surface area contributed by atoms with Gasteiger partial charge in [0.15, 0.2) is 0 Å². The zero-order valence-electron chi connectivity index (χ0n) is 14.1. The Hall–Kier alpha value is -2.40. The molecule has 0 amide bonds. The fourth-order valence-corrected chi connectivity index (χ4v) is 3.37. The number of benzene rings is 1. The maximum Gasteiger partial charge on any atom is 0.222 e. The summed E-state index contributed by atoms with van der Waals surface area (Å²) < 4.78 is 0. The smallest absolute Gasteiger partial charge is 0.222 e. The number of nitrogens with zero attached hydrogens (tertiary/aromatic N) is 3. The van der Waals surface area contributed by atoms with Gasteiger partial charge in [-0.3, -0.25) is 0 Å². The molecule has 0 atom stereocenters. The summed E-state index contributed by atoms with van der Waals surface area (Å²) >= 11 is 0. The molecule has 5 heteroatoms. The number of hydrogen-bond donors (Lipinski definition) is 2. The zero-order valence-corrected chi connectivity index (χ0v) is 14.1. The van der Waals surface area contributed by atoms with E-state index in [-0.39, 0.29) is 0 Å². The van der Waals surface area contributed by atoms with Crippen molar-refractivity contribution in [3.63, 3.8) is 0 Å². The third-order valence-electron chi connectivity index (χ3n) is 4.76. The van der Waals surface area contributed by atoms with E-state index in [1.165, 1.54) is 0 Å². The summed E-state index contributed by atoms with van der Waals surface area (Å²) in [4.78, 5) is 10.9. The van der Waals surface area contributed by atoms with E-state index in [2.05, 4.69) is 21.4 Å². The number of aromatic nitrogens is 2. The van der Waals surface area contributed by atoms with Crippen LogP contribution in [0.5, 0.6) is 0 Å². The van der Waals surface area contributed by atoms with Gasteiger partial charge in [-0.1, -0.05) is 36.4 Å². The Morgan fingerprint density at radius 2 is 1.92 bits per heavy atom. The van der Waals surface area contributed by atoms with E-state index in [0.717, 1.165) is 35.7 Å². The van der Waals surface area contributed by atoms with Crippen LogP contribution in [0.3, 0.4) is 0 Å². The molecule has 24 heavy (non-hydrogen) atoms. The van der Waals surface area contributed by atoms with E-state index in [4.69, 9.17) is 5.73 Å². The standard InChI is InChI=1S/C19H24N4O/c1-3-7-16-14(2)21-18(20)22-17(16)23-12-10-19(24,11-13-23)15-8-5-4-6-9-15/h3-6,8-9,24H,1,7,10-13H2,2H3,(H2,20,21,22). The third-order valence-corrected chi connectivity index (χ3v) is 4.76. The first kappa shape index (κ1) is 16.5. The van der Waals surface area contributed by atoms with Crippen LogP contribution >= 0.6 is 0 Å². The summed E-state index contributed by atoms with van der Waals surface area (Å²) in [5.74, 6) is 1.16. The Bertz CT molecular complexity index is 722. The van der Waals surface area contributed by atoms with Gasteiger partial charge >= 0.3 is 0 Å². The first-order valence-electron chi connectivity index (χ1n) is 8.30. The van der Waals surface area contributed by atoms with Gasteiger partial charge in [0.1, 0.15) is 5.82 Å². The molecule has 2 aromatic rings. The number of hydrogen-bond acceptors (Lipinski definition) is 5. The van der Waals surface area contributed by atoms with Gasteiger partial charge in [-0.2, -0.15) is 4.98 Å². The molecule has 1 aliphatic heterocycles. The fourth-order valence-electron chi connectivity index (χ4n) is 3.37. The molecule has 126 valence electrons. The molecule has 1 fully saturated rings. The minimum absolute atomic E-state index is 0.291. The lowest BCUT2D eigenvalue weighted by Gasteiger charge is -2.39. The lowest BCUT2D eigenvalue weighted by molar-refractivity contribution is 0.0116. The summed E-state index contributed by atoms with van der Waals surface area (Å²) in [5, 5.41) is 11.0. The molecule has 0 spiro atoms. The molecular weight excluding hydrogens is 300 g/mol. The first-order chi connectivity index (χ1) is 11.5. The van der Waals surface area contributed by atoms with E-state index in [0.29, 0.717) is 25.2 Å². The molecule has 0 unspecified atom stereocenters. The molecule has 2 heterocycles. The van der Waals surface area contributed by atoms with Gasteiger partial charge < -0.3 is 15.7 Å². The lowest BCUT2D eigenvalue weighted by atomic mass is 9.84. The van der Waals surface area contributed by atoms with Crippen molar-refractivity contribution in [1.29, 1.82) is 0 Å². The minimum Gasteiger partial charge on any atom is -0.385 e. The molecule has 1 aromatic heterocycles. The maximum atomic E-state index is 11.0. The summed E-state index contributed by atoms with van der Waals surface area (Å²) in [6.45, 7) is 7.23. The molecule has 1 aromatic carbocycles. The van der Waals surface area contributed by atoms with Crippen molar-refractivity contribution in [3.05, 3.63) is 59.8 Å². The van der Waals surface area contributed by atoms with Crippen LogP contribution in [-0.4, -0.2) is 28.2 Å². The lowest BCUT2D eigenvalue weighted by Crippen LogP contribution is -2.43. The highest BCUT2D eigenvalue weighted by atomic mass is 16.3. The number of aryl methyl sites for hydroxylation is 1. The maximum absolute atomic E-state index is 11.0. The van der Waals surface area contributed by atoms with Crippen molar-refractivity contribution in [2.45, 2.75) is 31.8 Å². The minimum atomic E-state index is -0.774. The van der Waals surface area contributed by atoms with E-state index in [9.17, 15) is 5.11 Å². The molecular formula is C19H24N4O. The second-order valence-corrected chi connectivity index (χ2v) is 6.35. The predicted octanol–water partition coefficient (Wildman–Crippen LogP) is 2.58. The Morgan fingerprint density at radius 3 is 2.54 bits per heavy atom. The van der Waals surface area contributed by atoms with Gasteiger partial charge in [0, 0.05) is 24.3 Å². The SMILES string of the molecule is C=CCc1c(C)nc(N)nc1N1CCC(O)(c2ccccc2)CC1. The van der Waals surface area contributed by atoms with E-state index in [1.807, 2.05) is 43.3 Å². The van der Waals surface area contributed by atoms with Crippen LogP contribution in [0.2, 0.25) is 0 Å². The number of anilines is 2. The van der Waals surface area contributed by atoms with Crippen LogP contribution in [0, 0.1) is 6.92 Å². The quantitative estimate of drug-likeness (QED) is 0.846. The molecule has 1 aliphatic rings. The van der Waals surface area contributed by atoms with Gasteiger partial charge in [-0.15, -0.1) is 6.58 Å². The number of aliphatic hydroxyl groups is 1. The summed E-state index contributed by atoms with van der Waals surface area (Å²) in [5.41, 5.74) is 8.01. The molecule has 0 aliphatic carbocycles. The molecule has 5 nitrogen and oxygen atoms in total. The van der Waals surface area contributed by atoms with Crippen LogP contribution in [-0.2, 0) is 12.0 Å². The normalized spacial score (nSPS) is 16.8. The number of nitrogen functional groups attached to an aromatic ring is 1. The summed E-state index contributed by atoms with van der Waals surface area (Å²) in [6.07, 6.45) is 3.89. The topological polar surface area (TPSA) is 75.3 Å². The van der Waals surface area contributed by atoms with Crippen molar-refractivity contribution in [2.24, 2.45) is 0 Å². The Morgan fingerprint density at radius 1 is 1.25 bits per heavy atom. The van der Waals surface area contributed by atoms with E-state index >= 15 is 0 Å². The third kappa shape index (κ3) is 3.12. The number of piperidine rings is 1. The van der Waals surface area contributed by atoms with Gasteiger partial charge in [0.2, 0.25) is 5.95 Å². The molecule has 0 radical (unpaired) electrons. The highest BCUT2D eigenvalue weighted by Gasteiger charge is 2.35. The molecule has 0 saturated carbocycles. The average Bonchev–Trinajstić information content (AvgIpc) is 2.59. The summed E-state index contributed by atoms with van der Waals surface area (Å²) in [7, 11) is 0. The molecule has 1 saturated heterocycles. The van der Waals surface area contributed by atoms with Gasteiger partial charge in [0.05, 0.1) is 5.60 Å². The van der Waals surface area contributed by atoms with Crippen molar-refractivity contribution < 1.29 is 5.11 Å². The van der Waals surface area contributed by atoms with Crippen LogP contribution < -0.4 is 10.6 Å². The Balaban J connectivity index is 1.84. The summed E-state index contributed by atoms with van der Waals surface area (Å²) in [6, 6.07) is 9.89. The van der Waals surface area contributed by atoms with Crippen molar-refractivity contribution in [3.8, 4) is 0 Å². The molecule has 0 bridgehead atoms. The Kier molecular flexibility index (Phi) is 4.53. The van der Waals surface area contributed by atoms with Crippen LogP contribution in [0.1, 0.15) is 29.7 Å². The van der Waals surface area contributed by atoms with Gasteiger partial charge in [-0.25, -0.2) is 4.98 Å². The molecule has 3 rings (SSSR count). The highest BCUT2D eigenvalue weighted by molar-refractivity contribution is 5.53. The molecule has 3 N–H and O–H groups in total. The second-order valence-electron chi connectivity index (χ2n) is 6.35. The average molecular weight is 324 g/mol. The van der Waals surface area contributed by atoms with Crippen LogP contribution in [0.4, 0.5) is 11.8 Å². The first-order valence-corrected chi connectivity index (χ1v) is 8.30. The van der Waals surface area contributed by atoms with Crippen molar-refractivity contribution in [1.82, 2.24) is 9.97 Å². The number of allylic oxidation sites excluding steroid dienone is 1. The zero-order chi connectivity index (χ0) is 17.2. The largest absolute Gasteiger partial charge is 0.385 e. The monoisotopic (exact) mass is 324 g/mol. The predicted molar refractivity (Wildman–Crippen MR) is 96.9 cm³/mol. The number of rotatable bonds is 4. The fraction of sp³-hybridized carbons (Fsp3) is 0.368. The number of nitrogens with two attached hydrogens (primary N) is 1.